The maximum absolute atomic E-state index is 11.3. The summed E-state index contributed by atoms with van der Waals surface area (Å²) in [5.41, 5.74) is 0.493. The number of carbonyl (C=O) groups is 2. The van der Waals surface area contributed by atoms with Crippen LogP contribution < -0.4 is 10.6 Å². The molecule has 6 heteroatoms. The molecule has 86 valence electrons. The molecule has 0 aromatic heterocycles. The number of hydrogen-bond acceptors (Lipinski definition) is 2. The molecule has 2 N–H and O–H groups in total. The van der Waals surface area contributed by atoms with Gasteiger partial charge in [-0.1, -0.05) is 23.2 Å². The molecule has 0 radical (unpaired) electrons. The van der Waals surface area contributed by atoms with Crippen LogP contribution in [0.4, 0.5) is 5.69 Å². The fourth-order valence-corrected chi connectivity index (χ4v) is 1.56. The monoisotopic (exact) mass is 260 g/mol. The number of benzene rings is 1. The molecule has 4 nitrogen and oxygen atoms in total. The highest BCUT2D eigenvalue weighted by molar-refractivity contribution is 6.35. The van der Waals surface area contributed by atoms with Crippen LogP contribution in [-0.2, 0) is 9.59 Å². The third-order valence-electron chi connectivity index (χ3n) is 1.64. The fourth-order valence-electron chi connectivity index (χ4n) is 1.04. The predicted molar refractivity (Wildman–Crippen MR) is 63.8 cm³/mol. The average Bonchev–Trinajstić information content (AvgIpc) is 2.12. The zero-order chi connectivity index (χ0) is 12.1. The van der Waals surface area contributed by atoms with Gasteiger partial charge in [0.15, 0.2) is 0 Å². The van der Waals surface area contributed by atoms with Gasteiger partial charge in [-0.3, -0.25) is 9.59 Å². The van der Waals surface area contributed by atoms with Gasteiger partial charge in [0, 0.05) is 22.7 Å². The van der Waals surface area contributed by atoms with Crippen LogP contribution in [0.3, 0.4) is 0 Å². The highest BCUT2D eigenvalue weighted by atomic mass is 35.5. The predicted octanol–water partition coefficient (Wildman–Crippen LogP) is 2.07. The minimum absolute atomic E-state index is 0.0839. The van der Waals surface area contributed by atoms with Gasteiger partial charge in [-0.25, -0.2) is 0 Å². The second kappa shape index (κ2) is 5.72. The molecule has 0 atom stereocenters. The summed E-state index contributed by atoms with van der Waals surface area (Å²) in [5, 5.41) is 5.80. The minimum Gasteiger partial charge on any atom is -0.347 e. The van der Waals surface area contributed by atoms with Crippen molar-refractivity contribution in [2.75, 3.05) is 11.9 Å². The minimum atomic E-state index is -0.339. The molecule has 0 aliphatic heterocycles. The third-order valence-corrected chi connectivity index (χ3v) is 2.08. The Bertz CT molecular complexity index is 401. The van der Waals surface area contributed by atoms with Gasteiger partial charge >= 0.3 is 0 Å². The van der Waals surface area contributed by atoms with E-state index in [9.17, 15) is 9.59 Å². The molecule has 0 bridgehead atoms. The van der Waals surface area contributed by atoms with E-state index in [0.29, 0.717) is 15.7 Å². The highest BCUT2D eigenvalue weighted by Crippen LogP contribution is 2.22. The first kappa shape index (κ1) is 12.8. The SMILES string of the molecule is CC(=O)NCC(=O)Nc1cc(Cl)cc(Cl)c1. The van der Waals surface area contributed by atoms with E-state index in [1.807, 2.05) is 0 Å². The van der Waals surface area contributed by atoms with E-state index in [1.165, 1.54) is 6.92 Å². The average molecular weight is 261 g/mol. The van der Waals surface area contributed by atoms with Gasteiger partial charge in [-0.2, -0.15) is 0 Å². The van der Waals surface area contributed by atoms with Crippen molar-refractivity contribution in [2.24, 2.45) is 0 Å². The smallest absolute Gasteiger partial charge is 0.243 e. The van der Waals surface area contributed by atoms with Crippen LogP contribution >= 0.6 is 23.2 Å². The zero-order valence-electron chi connectivity index (χ0n) is 8.51. The highest BCUT2D eigenvalue weighted by Gasteiger charge is 2.04. The van der Waals surface area contributed by atoms with E-state index < -0.39 is 0 Å². The lowest BCUT2D eigenvalue weighted by Crippen LogP contribution is -2.31. The van der Waals surface area contributed by atoms with Gasteiger partial charge in [0.05, 0.1) is 6.54 Å². The van der Waals surface area contributed by atoms with E-state index >= 15 is 0 Å². The Hall–Kier alpha value is -1.26. The number of halogens is 2. The van der Waals surface area contributed by atoms with Crippen molar-refractivity contribution in [1.29, 1.82) is 0 Å². The molecule has 1 aromatic carbocycles. The summed E-state index contributed by atoms with van der Waals surface area (Å²) in [6.45, 7) is 1.25. The second-order valence-corrected chi connectivity index (χ2v) is 3.99. The molecular formula is C10H10Cl2N2O2. The normalized spacial score (nSPS) is 9.69. The molecule has 0 spiro atoms. The summed E-state index contributed by atoms with van der Waals surface area (Å²) >= 11 is 11.5. The number of hydrogen-bond donors (Lipinski definition) is 2. The topological polar surface area (TPSA) is 58.2 Å². The molecular weight excluding hydrogens is 251 g/mol. The molecule has 0 saturated heterocycles. The summed E-state index contributed by atoms with van der Waals surface area (Å²) in [6.07, 6.45) is 0. The summed E-state index contributed by atoms with van der Waals surface area (Å²) in [4.78, 5) is 21.9. The third kappa shape index (κ3) is 4.51. The Balaban J connectivity index is 2.59. The van der Waals surface area contributed by atoms with Gasteiger partial charge in [0.1, 0.15) is 0 Å². The largest absolute Gasteiger partial charge is 0.347 e. The second-order valence-electron chi connectivity index (χ2n) is 3.12. The maximum Gasteiger partial charge on any atom is 0.243 e. The van der Waals surface area contributed by atoms with Crippen LogP contribution in [0, 0.1) is 0 Å². The van der Waals surface area contributed by atoms with E-state index in [1.54, 1.807) is 18.2 Å². The van der Waals surface area contributed by atoms with Crippen LogP contribution in [0.25, 0.3) is 0 Å². The van der Waals surface area contributed by atoms with Crippen molar-refractivity contribution < 1.29 is 9.59 Å². The van der Waals surface area contributed by atoms with Crippen molar-refractivity contribution in [1.82, 2.24) is 5.32 Å². The molecule has 0 heterocycles. The number of carbonyl (C=O) groups excluding carboxylic acids is 2. The van der Waals surface area contributed by atoms with Crippen molar-refractivity contribution in [3.63, 3.8) is 0 Å². The van der Waals surface area contributed by atoms with E-state index in [4.69, 9.17) is 23.2 Å². The van der Waals surface area contributed by atoms with Gasteiger partial charge in [-0.15, -0.1) is 0 Å². The lowest BCUT2D eigenvalue weighted by Gasteiger charge is -2.06. The fraction of sp³-hybridized carbons (Fsp3) is 0.200. The molecule has 0 aliphatic rings. The lowest BCUT2D eigenvalue weighted by molar-refractivity contribution is -0.122. The van der Waals surface area contributed by atoms with Crippen LogP contribution in [0.2, 0.25) is 10.0 Å². The first-order chi connectivity index (χ1) is 7.47. The Kier molecular flexibility index (Phi) is 4.58. The maximum atomic E-state index is 11.3. The van der Waals surface area contributed by atoms with Gasteiger partial charge < -0.3 is 10.6 Å². The standard InChI is InChI=1S/C10H10Cl2N2O2/c1-6(15)13-5-10(16)14-9-3-7(11)2-8(12)4-9/h2-4H,5H2,1H3,(H,13,15)(H,14,16). The van der Waals surface area contributed by atoms with Crippen molar-refractivity contribution in [3.05, 3.63) is 28.2 Å². The molecule has 0 aliphatic carbocycles. The van der Waals surface area contributed by atoms with Crippen molar-refractivity contribution in [3.8, 4) is 0 Å². The summed E-state index contributed by atoms with van der Waals surface area (Å²) < 4.78 is 0. The van der Waals surface area contributed by atoms with Crippen LogP contribution in [0.5, 0.6) is 0 Å². The number of anilines is 1. The number of rotatable bonds is 3. The van der Waals surface area contributed by atoms with Crippen molar-refractivity contribution in [2.45, 2.75) is 6.92 Å². The summed E-state index contributed by atoms with van der Waals surface area (Å²) in [7, 11) is 0. The first-order valence-corrected chi connectivity index (χ1v) is 5.23. The molecule has 1 aromatic rings. The molecule has 1 rings (SSSR count). The summed E-state index contributed by atoms with van der Waals surface area (Å²) in [6, 6.07) is 4.70. The lowest BCUT2D eigenvalue weighted by atomic mass is 10.3. The van der Waals surface area contributed by atoms with Crippen molar-refractivity contribution >= 4 is 40.7 Å². The number of nitrogens with one attached hydrogen (secondary N) is 2. The molecule has 0 saturated carbocycles. The Morgan fingerprint density at radius 2 is 1.75 bits per heavy atom. The zero-order valence-corrected chi connectivity index (χ0v) is 10.0. The molecule has 0 unspecified atom stereocenters. The Morgan fingerprint density at radius 1 is 1.19 bits per heavy atom. The van der Waals surface area contributed by atoms with Crippen LogP contribution in [-0.4, -0.2) is 18.4 Å². The van der Waals surface area contributed by atoms with E-state index in [0.717, 1.165) is 0 Å². The molecule has 0 fully saturated rings. The van der Waals surface area contributed by atoms with Gasteiger partial charge in [0.25, 0.3) is 0 Å². The first-order valence-electron chi connectivity index (χ1n) is 4.48. The quantitative estimate of drug-likeness (QED) is 0.875. The molecule has 2 amide bonds. The molecule has 16 heavy (non-hydrogen) atoms. The Labute approximate surface area is 103 Å². The van der Waals surface area contributed by atoms with Crippen LogP contribution in [0.1, 0.15) is 6.92 Å². The summed E-state index contributed by atoms with van der Waals surface area (Å²) in [5.74, 6) is -0.604. The van der Waals surface area contributed by atoms with Gasteiger partial charge in [-0.05, 0) is 18.2 Å². The van der Waals surface area contributed by atoms with Crippen LogP contribution in [0.15, 0.2) is 18.2 Å². The van der Waals surface area contributed by atoms with E-state index in [-0.39, 0.29) is 18.4 Å². The Morgan fingerprint density at radius 3 is 2.25 bits per heavy atom. The van der Waals surface area contributed by atoms with E-state index in [2.05, 4.69) is 10.6 Å². The van der Waals surface area contributed by atoms with Gasteiger partial charge in [0.2, 0.25) is 11.8 Å². The number of amides is 2.